The second-order valence-corrected chi connectivity index (χ2v) is 4.00. The SMILES string of the molecule is CC(OCC1CCCN1)C(=O)N(C)C. The number of rotatable bonds is 4. The molecule has 1 aliphatic rings. The lowest BCUT2D eigenvalue weighted by molar-refractivity contribution is -0.140. The average Bonchev–Trinajstić information content (AvgIpc) is 2.65. The summed E-state index contributed by atoms with van der Waals surface area (Å²) < 4.78 is 5.50. The van der Waals surface area contributed by atoms with Crippen LogP contribution in [-0.2, 0) is 9.53 Å². The average molecular weight is 200 g/mol. The summed E-state index contributed by atoms with van der Waals surface area (Å²) in [5, 5.41) is 3.33. The Morgan fingerprint density at radius 2 is 2.36 bits per heavy atom. The molecular formula is C10H20N2O2. The molecule has 1 saturated heterocycles. The lowest BCUT2D eigenvalue weighted by atomic mass is 10.2. The van der Waals surface area contributed by atoms with E-state index in [9.17, 15) is 4.79 Å². The Kier molecular flexibility index (Phi) is 4.35. The second kappa shape index (κ2) is 5.32. The maximum Gasteiger partial charge on any atom is 0.250 e. The molecule has 4 heteroatoms. The van der Waals surface area contributed by atoms with Crippen molar-refractivity contribution in [1.82, 2.24) is 10.2 Å². The smallest absolute Gasteiger partial charge is 0.250 e. The molecular weight excluding hydrogens is 180 g/mol. The molecule has 1 heterocycles. The highest BCUT2D eigenvalue weighted by atomic mass is 16.5. The van der Waals surface area contributed by atoms with Crippen molar-refractivity contribution in [1.29, 1.82) is 0 Å². The summed E-state index contributed by atoms with van der Waals surface area (Å²) in [4.78, 5) is 13.0. The quantitative estimate of drug-likeness (QED) is 0.706. The third kappa shape index (κ3) is 3.27. The van der Waals surface area contributed by atoms with Crippen molar-refractivity contribution in [3.05, 3.63) is 0 Å². The zero-order chi connectivity index (χ0) is 10.6. The first-order valence-electron chi connectivity index (χ1n) is 5.17. The Hall–Kier alpha value is -0.610. The number of amides is 1. The van der Waals surface area contributed by atoms with Crippen molar-refractivity contribution in [3.63, 3.8) is 0 Å². The van der Waals surface area contributed by atoms with Crippen molar-refractivity contribution < 1.29 is 9.53 Å². The van der Waals surface area contributed by atoms with Gasteiger partial charge in [0.15, 0.2) is 0 Å². The molecule has 1 fully saturated rings. The third-order valence-electron chi connectivity index (χ3n) is 2.50. The van der Waals surface area contributed by atoms with Crippen LogP contribution < -0.4 is 5.32 Å². The number of carbonyl (C=O) groups is 1. The highest BCUT2D eigenvalue weighted by Crippen LogP contribution is 2.06. The van der Waals surface area contributed by atoms with Crippen molar-refractivity contribution in [2.75, 3.05) is 27.2 Å². The summed E-state index contributed by atoms with van der Waals surface area (Å²) in [6.07, 6.45) is 2.04. The minimum Gasteiger partial charge on any atom is -0.367 e. The minimum atomic E-state index is -0.326. The summed E-state index contributed by atoms with van der Waals surface area (Å²) in [5.41, 5.74) is 0. The van der Waals surface area contributed by atoms with E-state index < -0.39 is 0 Å². The van der Waals surface area contributed by atoms with Gasteiger partial charge in [-0.05, 0) is 26.3 Å². The Morgan fingerprint density at radius 3 is 2.86 bits per heavy atom. The van der Waals surface area contributed by atoms with Crippen molar-refractivity contribution >= 4 is 5.91 Å². The number of hydrogen-bond donors (Lipinski definition) is 1. The monoisotopic (exact) mass is 200 g/mol. The molecule has 82 valence electrons. The van der Waals surface area contributed by atoms with Gasteiger partial charge in [-0.1, -0.05) is 0 Å². The van der Waals surface area contributed by atoms with E-state index >= 15 is 0 Å². The van der Waals surface area contributed by atoms with Gasteiger partial charge in [-0.3, -0.25) is 4.79 Å². The van der Waals surface area contributed by atoms with Crippen LogP contribution in [0.4, 0.5) is 0 Å². The van der Waals surface area contributed by atoms with Gasteiger partial charge >= 0.3 is 0 Å². The number of hydrogen-bond acceptors (Lipinski definition) is 3. The van der Waals surface area contributed by atoms with E-state index in [1.165, 1.54) is 6.42 Å². The van der Waals surface area contributed by atoms with Crippen LogP contribution in [0.2, 0.25) is 0 Å². The van der Waals surface area contributed by atoms with Crippen LogP contribution in [0.5, 0.6) is 0 Å². The van der Waals surface area contributed by atoms with Gasteiger partial charge in [0.05, 0.1) is 6.61 Å². The zero-order valence-corrected chi connectivity index (χ0v) is 9.25. The molecule has 0 radical (unpaired) electrons. The highest BCUT2D eigenvalue weighted by molar-refractivity contribution is 5.79. The molecule has 0 bridgehead atoms. The Labute approximate surface area is 85.6 Å². The molecule has 1 amide bonds. The number of nitrogens with zero attached hydrogens (tertiary/aromatic N) is 1. The van der Waals surface area contributed by atoms with Crippen LogP contribution >= 0.6 is 0 Å². The van der Waals surface area contributed by atoms with Gasteiger partial charge in [-0.2, -0.15) is 0 Å². The Bertz CT molecular complexity index is 189. The summed E-state index contributed by atoms with van der Waals surface area (Å²) >= 11 is 0. The fraction of sp³-hybridized carbons (Fsp3) is 0.900. The van der Waals surface area contributed by atoms with E-state index in [1.54, 1.807) is 25.9 Å². The van der Waals surface area contributed by atoms with Crippen molar-refractivity contribution in [2.45, 2.75) is 31.9 Å². The van der Waals surface area contributed by atoms with Crippen LogP contribution in [0.3, 0.4) is 0 Å². The maximum absolute atomic E-state index is 11.4. The molecule has 4 nitrogen and oxygen atoms in total. The maximum atomic E-state index is 11.4. The Balaban J connectivity index is 2.19. The third-order valence-corrected chi connectivity index (χ3v) is 2.50. The van der Waals surface area contributed by atoms with Gasteiger partial charge in [0, 0.05) is 20.1 Å². The first kappa shape index (κ1) is 11.5. The summed E-state index contributed by atoms with van der Waals surface area (Å²) in [6.45, 7) is 3.52. The van der Waals surface area contributed by atoms with Gasteiger partial charge in [-0.25, -0.2) is 0 Å². The van der Waals surface area contributed by atoms with E-state index in [1.807, 2.05) is 0 Å². The van der Waals surface area contributed by atoms with Crippen LogP contribution in [0.25, 0.3) is 0 Å². The zero-order valence-electron chi connectivity index (χ0n) is 9.25. The predicted octanol–water partition coefficient (Wildman–Crippen LogP) is 0.232. The van der Waals surface area contributed by atoms with E-state index in [4.69, 9.17) is 4.74 Å². The summed E-state index contributed by atoms with van der Waals surface area (Å²) in [5.74, 6) is 0.0306. The summed E-state index contributed by atoms with van der Waals surface area (Å²) in [7, 11) is 3.49. The Morgan fingerprint density at radius 1 is 1.64 bits per heavy atom. The van der Waals surface area contributed by atoms with Gasteiger partial charge in [0.2, 0.25) is 0 Å². The number of ether oxygens (including phenoxy) is 1. The topological polar surface area (TPSA) is 41.6 Å². The second-order valence-electron chi connectivity index (χ2n) is 4.00. The molecule has 1 N–H and O–H groups in total. The van der Waals surface area contributed by atoms with Crippen molar-refractivity contribution in [3.8, 4) is 0 Å². The van der Waals surface area contributed by atoms with E-state index in [2.05, 4.69) is 5.32 Å². The molecule has 0 spiro atoms. The molecule has 0 aromatic heterocycles. The fourth-order valence-corrected chi connectivity index (χ4v) is 1.59. The van der Waals surface area contributed by atoms with Crippen molar-refractivity contribution in [2.24, 2.45) is 0 Å². The molecule has 2 atom stereocenters. The molecule has 0 aliphatic carbocycles. The van der Waals surface area contributed by atoms with E-state index in [0.717, 1.165) is 13.0 Å². The van der Waals surface area contributed by atoms with Gasteiger partial charge in [-0.15, -0.1) is 0 Å². The molecule has 0 aromatic rings. The molecule has 2 unspecified atom stereocenters. The van der Waals surface area contributed by atoms with Gasteiger partial charge in [0.1, 0.15) is 6.10 Å². The first-order chi connectivity index (χ1) is 6.61. The molecule has 1 aliphatic heterocycles. The van der Waals surface area contributed by atoms with Gasteiger partial charge in [0.25, 0.3) is 5.91 Å². The molecule has 0 aromatic carbocycles. The highest BCUT2D eigenvalue weighted by Gasteiger charge is 2.19. The first-order valence-corrected chi connectivity index (χ1v) is 5.17. The normalized spacial score (nSPS) is 23.5. The molecule has 14 heavy (non-hydrogen) atoms. The van der Waals surface area contributed by atoms with Crippen LogP contribution in [0.15, 0.2) is 0 Å². The summed E-state index contributed by atoms with van der Waals surface area (Å²) in [6, 6.07) is 0.437. The predicted molar refractivity (Wildman–Crippen MR) is 55.1 cm³/mol. The minimum absolute atomic E-state index is 0.0306. The van der Waals surface area contributed by atoms with E-state index in [0.29, 0.717) is 12.6 Å². The van der Waals surface area contributed by atoms with Crippen LogP contribution in [-0.4, -0.2) is 50.2 Å². The number of carbonyl (C=O) groups excluding carboxylic acids is 1. The van der Waals surface area contributed by atoms with Crippen LogP contribution in [0.1, 0.15) is 19.8 Å². The van der Waals surface area contributed by atoms with E-state index in [-0.39, 0.29) is 12.0 Å². The lowest BCUT2D eigenvalue weighted by Gasteiger charge is -2.19. The number of likely N-dealkylation sites (N-methyl/N-ethyl adjacent to an activating group) is 1. The van der Waals surface area contributed by atoms with Crippen LogP contribution in [0, 0.1) is 0 Å². The fourth-order valence-electron chi connectivity index (χ4n) is 1.59. The molecule has 0 saturated carbocycles. The largest absolute Gasteiger partial charge is 0.367 e. The van der Waals surface area contributed by atoms with Gasteiger partial charge < -0.3 is 15.0 Å². The standard InChI is InChI=1S/C10H20N2O2/c1-8(10(13)12(2)3)14-7-9-5-4-6-11-9/h8-9,11H,4-7H2,1-3H3. The molecule has 1 rings (SSSR count). The number of nitrogens with one attached hydrogen (secondary N) is 1. The lowest BCUT2D eigenvalue weighted by Crippen LogP contribution is -2.36.